The van der Waals surface area contributed by atoms with Crippen LogP contribution in [-0.4, -0.2) is 15.2 Å². The molecular weight excluding hydrogens is 331 g/mol. The van der Waals surface area contributed by atoms with Crippen molar-refractivity contribution in [3.8, 4) is 0 Å². The zero-order chi connectivity index (χ0) is 17.9. The molecule has 2 aromatic carbocycles. The van der Waals surface area contributed by atoms with Gasteiger partial charge in [0.1, 0.15) is 0 Å². The zero-order valence-electron chi connectivity index (χ0n) is 13.2. The number of benzene rings is 2. The number of nitrogens with zero attached hydrogens (tertiary/aromatic N) is 3. The van der Waals surface area contributed by atoms with Gasteiger partial charge >= 0.3 is 6.18 Å². The minimum absolute atomic E-state index is 0.179. The van der Waals surface area contributed by atoms with Crippen LogP contribution in [0.15, 0.2) is 54.7 Å². The Bertz CT molecular complexity index is 863. The van der Waals surface area contributed by atoms with E-state index in [0.717, 1.165) is 23.4 Å². The lowest BCUT2D eigenvalue weighted by molar-refractivity contribution is -0.137. The van der Waals surface area contributed by atoms with Gasteiger partial charge in [-0.1, -0.05) is 18.2 Å². The number of nitrogens with one attached hydrogen (secondary N) is 2. The van der Waals surface area contributed by atoms with Crippen molar-refractivity contribution >= 4 is 23.1 Å². The first-order valence-electron chi connectivity index (χ1n) is 7.38. The normalized spacial score (nSPS) is 11.2. The van der Waals surface area contributed by atoms with Crippen LogP contribution in [0.2, 0.25) is 0 Å². The van der Waals surface area contributed by atoms with Crippen molar-refractivity contribution in [1.29, 1.82) is 0 Å². The van der Waals surface area contributed by atoms with Crippen LogP contribution >= 0.6 is 0 Å². The Morgan fingerprint density at radius 1 is 0.920 bits per heavy atom. The van der Waals surface area contributed by atoms with Crippen molar-refractivity contribution in [3.63, 3.8) is 0 Å². The highest BCUT2D eigenvalue weighted by molar-refractivity contribution is 5.61. The van der Waals surface area contributed by atoms with Crippen molar-refractivity contribution < 1.29 is 13.2 Å². The molecule has 1 aromatic heterocycles. The maximum Gasteiger partial charge on any atom is 0.416 e. The Morgan fingerprint density at radius 3 is 2.32 bits per heavy atom. The fourth-order valence-electron chi connectivity index (χ4n) is 2.14. The molecule has 25 heavy (non-hydrogen) atoms. The highest BCUT2D eigenvalue weighted by Crippen LogP contribution is 2.30. The van der Waals surface area contributed by atoms with Gasteiger partial charge in [0, 0.05) is 11.4 Å². The second-order valence-corrected chi connectivity index (χ2v) is 5.31. The van der Waals surface area contributed by atoms with Crippen molar-refractivity contribution in [2.75, 3.05) is 10.6 Å². The summed E-state index contributed by atoms with van der Waals surface area (Å²) < 4.78 is 37.7. The molecule has 1 heterocycles. The number of alkyl halides is 3. The summed E-state index contributed by atoms with van der Waals surface area (Å²) in [6.07, 6.45) is -2.90. The summed E-state index contributed by atoms with van der Waals surface area (Å²) in [6, 6.07) is 12.3. The van der Waals surface area contributed by atoms with Gasteiger partial charge in [-0.2, -0.15) is 23.3 Å². The molecule has 3 rings (SSSR count). The molecule has 0 aliphatic carbocycles. The molecular formula is C17H14F3N5. The molecule has 2 N–H and O–H groups in total. The molecule has 128 valence electrons. The van der Waals surface area contributed by atoms with E-state index in [4.69, 9.17) is 0 Å². The monoisotopic (exact) mass is 345 g/mol. The van der Waals surface area contributed by atoms with E-state index >= 15 is 0 Å². The van der Waals surface area contributed by atoms with Crippen LogP contribution in [0.5, 0.6) is 0 Å². The Labute approximate surface area is 141 Å². The standard InChI is InChI=1S/C17H14F3N5/c1-11-4-2-3-5-14(11)23-15-10-21-25-16(24-15)22-13-8-6-12(7-9-13)17(18,19)20/h2-10H,1H3,(H2,22,23,24,25). The minimum Gasteiger partial charge on any atom is -0.339 e. The molecule has 0 aliphatic rings. The maximum absolute atomic E-state index is 12.6. The van der Waals surface area contributed by atoms with Crippen LogP contribution in [0, 0.1) is 6.92 Å². The molecule has 0 aliphatic heterocycles. The van der Waals surface area contributed by atoms with Crippen LogP contribution in [0.1, 0.15) is 11.1 Å². The number of aromatic nitrogens is 3. The lowest BCUT2D eigenvalue weighted by Crippen LogP contribution is -2.05. The SMILES string of the molecule is Cc1ccccc1Nc1cnnc(Nc2ccc(C(F)(F)F)cc2)n1. The van der Waals surface area contributed by atoms with Gasteiger partial charge in [0.05, 0.1) is 11.8 Å². The molecule has 0 atom stereocenters. The number of para-hydroxylation sites is 1. The van der Waals surface area contributed by atoms with E-state index in [9.17, 15) is 13.2 Å². The predicted octanol–water partition coefficient (Wildman–Crippen LogP) is 4.69. The van der Waals surface area contributed by atoms with Crippen molar-refractivity contribution in [2.24, 2.45) is 0 Å². The highest BCUT2D eigenvalue weighted by Gasteiger charge is 2.29. The van der Waals surface area contributed by atoms with E-state index in [2.05, 4.69) is 25.8 Å². The molecule has 0 radical (unpaired) electrons. The van der Waals surface area contributed by atoms with Gasteiger partial charge in [-0.3, -0.25) is 0 Å². The van der Waals surface area contributed by atoms with Gasteiger partial charge < -0.3 is 10.6 Å². The van der Waals surface area contributed by atoms with Crippen LogP contribution in [0.3, 0.4) is 0 Å². The number of anilines is 4. The zero-order valence-corrected chi connectivity index (χ0v) is 13.2. The molecule has 0 saturated carbocycles. The second kappa shape index (κ2) is 6.76. The number of aryl methyl sites for hydroxylation is 1. The summed E-state index contributed by atoms with van der Waals surface area (Å²) in [6.45, 7) is 1.96. The van der Waals surface area contributed by atoms with Crippen LogP contribution in [0.4, 0.5) is 36.3 Å². The largest absolute Gasteiger partial charge is 0.416 e. The quantitative estimate of drug-likeness (QED) is 0.718. The third-order valence-electron chi connectivity index (χ3n) is 3.44. The minimum atomic E-state index is -4.37. The summed E-state index contributed by atoms with van der Waals surface area (Å²) in [5.41, 5.74) is 1.64. The van der Waals surface area contributed by atoms with Crippen molar-refractivity contribution in [1.82, 2.24) is 15.2 Å². The fourth-order valence-corrected chi connectivity index (χ4v) is 2.14. The predicted molar refractivity (Wildman–Crippen MR) is 89.0 cm³/mol. The molecule has 0 fully saturated rings. The number of hydrogen-bond donors (Lipinski definition) is 2. The Hall–Kier alpha value is -3.16. The smallest absolute Gasteiger partial charge is 0.339 e. The van der Waals surface area contributed by atoms with Gasteiger partial charge in [0.2, 0.25) is 5.95 Å². The fraction of sp³-hybridized carbons (Fsp3) is 0.118. The van der Waals surface area contributed by atoms with Gasteiger partial charge in [-0.05, 0) is 42.8 Å². The van der Waals surface area contributed by atoms with Gasteiger partial charge in [-0.15, -0.1) is 5.10 Å². The van der Waals surface area contributed by atoms with Gasteiger partial charge in [0.25, 0.3) is 0 Å². The third kappa shape index (κ3) is 4.23. The molecule has 0 spiro atoms. The van der Waals surface area contributed by atoms with E-state index in [1.807, 2.05) is 31.2 Å². The highest BCUT2D eigenvalue weighted by atomic mass is 19.4. The van der Waals surface area contributed by atoms with E-state index in [1.54, 1.807) is 0 Å². The number of halogens is 3. The topological polar surface area (TPSA) is 62.7 Å². The first kappa shape index (κ1) is 16.7. The van der Waals surface area contributed by atoms with Gasteiger partial charge in [0.15, 0.2) is 5.82 Å². The van der Waals surface area contributed by atoms with Crippen molar-refractivity contribution in [2.45, 2.75) is 13.1 Å². The van der Waals surface area contributed by atoms with E-state index in [1.165, 1.54) is 18.3 Å². The summed E-state index contributed by atoms with van der Waals surface area (Å²) in [4.78, 5) is 4.26. The third-order valence-corrected chi connectivity index (χ3v) is 3.44. The first-order chi connectivity index (χ1) is 11.9. The molecule has 5 nitrogen and oxygen atoms in total. The molecule has 3 aromatic rings. The lowest BCUT2D eigenvalue weighted by atomic mass is 10.2. The molecule has 8 heteroatoms. The average molecular weight is 345 g/mol. The molecule has 0 saturated heterocycles. The first-order valence-corrected chi connectivity index (χ1v) is 7.38. The number of rotatable bonds is 4. The van der Waals surface area contributed by atoms with E-state index < -0.39 is 11.7 Å². The second-order valence-electron chi connectivity index (χ2n) is 5.31. The Balaban J connectivity index is 1.75. The molecule has 0 bridgehead atoms. The summed E-state index contributed by atoms with van der Waals surface area (Å²) >= 11 is 0. The van der Waals surface area contributed by atoms with E-state index in [-0.39, 0.29) is 5.95 Å². The maximum atomic E-state index is 12.6. The van der Waals surface area contributed by atoms with Crippen LogP contribution in [-0.2, 0) is 6.18 Å². The Kier molecular flexibility index (Phi) is 4.51. The lowest BCUT2D eigenvalue weighted by Gasteiger charge is -2.10. The summed E-state index contributed by atoms with van der Waals surface area (Å²) in [7, 11) is 0. The Morgan fingerprint density at radius 2 is 1.64 bits per heavy atom. The molecule has 0 amide bonds. The number of hydrogen-bond acceptors (Lipinski definition) is 5. The van der Waals surface area contributed by atoms with Crippen molar-refractivity contribution in [3.05, 3.63) is 65.9 Å². The summed E-state index contributed by atoms with van der Waals surface area (Å²) in [5, 5.41) is 13.6. The summed E-state index contributed by atoms with van der Waals surface area (Å²) in [5.74, 6) is 0.650. The molecule has 0 unspecified atom stereocenters. The van der Waals surface area contributed by atoms with Gasteiger partial charge in [-0.25, -0.2) is 0 Å². The van der Waals surface area contributed by atoms with Crippen LogP contribution in [0.25, 0.3) is 0 Å². The van der Waals surface area contributed by atoms with Crippen LogP contribution < -0.4 is 10.6 Å². The van der Waals surface area contributed by atoms with E-state index in [0.29, 0.717) is 11.5 Å². The average Bonchev–Trinajstić information content (AvgIpc) is 2.57.